The van der Waals surface area contributed by atoms with E-state index in [-0.39, 0.29) is 22.8 Å². The fraction of sp³-hybridized carbons (Fsp3) is 0.565. The Morgan fingerprint density at radius 3 is 2.64 bits per heavy atom. The van der Waals surface area contributed by atoms with E-state index in [0.717, 1.165) is 40.5 Å². The number of carbonyl (C=O) groups is 2. The number of carbonyl (C=O) groups excluding carboxylic acids is 2. The molecule has 2 aliphatic rings. The van der Waals surface area contributed by atoms with Gasteiger partial charge in [0, 0.05) is 29.8 Å². The van der Waals surface area contributed by atoms with E-state index < -0.39 is 36.8 Å². The highest BCUT2D eigenvalue weighted by Gasteiger charge is 2.46. The number of alkyl halides is 2. The highest BCUT2D eigenvalue weighted by Crippen LogP contribution is 2.39. The van der Waals surface area contributed by atoms with Crippen molar-refractivity contribution in [3.05, 3.63) is 28.5 Å². The van der Waals surface area contributed by atoms with Gasteiger partial charge in [0.05, 0.1) is 18.0 Å². The Morgan fingerprint density at radius 1 is 1.36 bits per heavy atom. The van der Waals surface area contributed by atoms with Gasteiger partial charge in [0.25, 0.3) is 11.8 Å². The van der Waals surface area contributed by atoms with Crippen molar-refractivity contribution >= 4 is 29.0 Å². The largest absolute Gasteiger partial charge is 0.461 e. The van der Waals surface area contributed by atoms with Gasteiger partial charge in [0.1, 0.15) is 11.5 Å². The van der Waals surface area contributed by atoms with Gasteiger partial charge in [0.2, 0.25) is 5.01 Å². The van der Waals surface area contributed by atoms with Crippen molar-refractivity contribution in [1.82, 2.24) is 14.9 Å². The molecule has 0 spiro atoms. The lowest BCUT2D eigenvalue weighted by molar-refractivity contribution is 0.0117. The van der Waals surface area contributed by atoms with Crippen LogP contribution in [0.25, 0.3) is 10.4 Å². The number of esters is 1. The summed E-state index contributed by atoms with van der Waals surface area (Å²) in [7, 11) is 0. The molecule has 2 aromatic heterocycles. The van der Waals surface area contributed by atoms with Crippen molar-refractivity contribution in [3.63, 3.8) is 0 Å². The van der Waals surface area contributed by atoms with Crippen molar-refractivity contribution in [1.29, 1.82) is 0 Å². The second kappa shape index (κ2) is 8.62. The van der Waals surface area contributed by atoms with Gasteiger partial charge < -0.3 is 15.0 Å². The molecule has 0 bridgehead atoms. The van der Waals surface area contributed by atoms with E-state index in [2.05, 4.69) is 22.2 Å². The van der Waals surface area contributed by atoms with Crippen LogP contribution in [0, 0.1) is 6.92 Å². The molecule has 0 radical (unpaired) electrons. The quantitative estimate of drug-likeness (QED) is 0.594. The number of nitrogens with zero attached hydrogens (tertiary/aromatic N) is 3. The first kappa shape index (κ1) is 23.5. The Bertz CT molecular complexity index is 1080. The third kappa shape index (κ3) is 4.71. The number of likely N-dealkylation sites (tertiary alicyclic amines) is 1. The SMILES string of the molecule is CCOC(=O)c1nc(C(=O)N2CC(F)(F)C[C@@H]2C)c(-c2cnc(NC3(C)CCC3)cc2C)s1. The molecule has 1 saturated carbocycles. The maximum atomic E-state index is 14.0. The molecule has 1 aliphatic heterocycles. The van der Waals surface area contributed by atoms with Crippen LogP contribution in [0.3, 0.4) is 0 Å². The molecule has 1 aliphatic carbocycles. The number of aryl methyl sites for hydroxylation is 1. The summed E-state index contributed by atoms with van der Waals surface area (Å²) >= 11 is 1.02. The first-order chi connectivity index (χ1) is 15.5. The zero-order chi connectivity index (χ0) is 24.0. The maximum Gasteiger partial charge on any atom is 0.367 e. The summed E-state index contributed by atoms with van der Waals surface area (Å²) in [6.45, 7) is 6.79. The average Bonchev–Trinajstić information content (AvgIpc) is 3.27. The summed E-state index contributed by atoms with van der Waals surface area (Å²) < 4.78 is 33.0. The van der Waals surface area contributed by atoms with Crippen molar-refractivity contribution in [2.75, 3.05) is 18.5 Å². The molecule has 1 N–H and O–H groups in total. The van der Waals surface area contributed by atoms with Crippen molar-refractivity contribution in [3.8, 4) is 10.4 Å². The molecule has 1 amide bonds. The fourth-order valence-corrected chi connectivity index (χ4v) is 5.38. The minimum atomic E-state index is -2.95. The lowest BCUT2D eigenvalue weighted by Crippen LogP contribution is -2.41. The van der Waals surface area contributed by atoms with Crippen molar-refractivity contribution in [2.24, 2.45) is 0 Å². The number of hydrogen-bond donors (Lipinski definition) is 1. The van der Waals surface area contributed by atoms with Crippen LogP contribution in [-0.4, -0.2) is 57.4 Å². The minimum Gasteiger partial charge on any atom is -0.461 e. The van der Waals surface area contributed by atoms with Crippen LogP contribution in [0.4, 0.5) is 14.6 Å². The number of thiazole rings is 1. The number of nitrogens with one attached hydrogen (secondary N) is 1. The number of pyridine rings is 1. The Hall–Kier alpha value is -2.62. The molecular formula is C23H28F2N4O3S. The maximum absolute atomic E-state index is 14.0. The summed E-state index contributed by atoms with van der Waals surface area (Å²) in [4.78, 5) is 36.0. The number of amides is 1. The van der Waals surface area contributed by atoms with E-state index in [1.807, 2.05) is 13.0 Å². The van der Waals surface area contributed by atoms with Crippen molar-refractivity contribution < 1.29 is 23.1 Å². The second-order valence-corrected chi connectivity index (χ2v) is 10.2. The van der Waals surface area contributed by atoms with Gasteiger partial charge in [-0.1, -0.05) is 0 Å². The topological polar surface area (TPSA) is 84.4 Å². The Balaban J connectivity index is 1.71. The van der Waals surface area contributed by atoms with Crippen LogP contribution < -0.4 is 5.32 Å². The van der Waals surface area contributed by atoms with Crippen LogP contribution in [0.15, 0.2) is 12.3 Å². The summed E-state index contributed by atoms with van der Waals surface area (Å²) in [5, 5.41) is 3.47. The van der Waals surface area contributed by atoms with Gasteiger partial charge >= 0.3 is 5.97 Å². The number of ether oxygens (including phenoxy) is 1. The second-order valence-electron chi connectivity index (χ2n) is 9.18. The molecule has 3 heterocycles. The van der Waals surface area contributed by atoms with Gasteiger partial charge in [-0.3, -0.25) is 4.79 Å². The van der Waals surface area contributed by atoms with Crippen LogP contribution in [0.5, 0.6) is 0 Å². The van der Waals surface area contributed by atoms with Crippen molar-refractivity contribution in [2.45, 2.75) is 70.9 Å². The molecular weight excluding hydrogens is 450 g/mol. The zero-order valence-electron chi connectivity index (χ0n) is 19.2. The predicted octanol–water partition coefficient (Wildman–Crippen LogP) is 4.91. The summed E-state index contributed by atoms with van der Waals surface area (Å²) in [5.74, 6) is -3.48. The summed E-state index contributed by atoms with van der Waals surface area (Å²) in [6, 6.07) is 1.26. The lowest BCUT2D eigenvalue weighted by atomic mass is 9.78. The molecule has 2 fully saturated rings. The molecule has 0 aromatic carbocycles. The average molecular weight is 479 g/mol. The zero-order valence-corrected chi connectivity index (χ0v) is 20.0. The molecule has 1 atom stereocenters. The van der Waals surface area contributed by atoms with Gasteiger partial charge in [-0.2, -0.15) is 0 Å². The Kier molecular flexibility index (Phi) is 6.15. The van der Waals surface area contributed by atoms with E-state index in [0.29, 0.717) is 10.4 Å². The molecule has 7 nitrogen and oxygen atoms in total. The summed E-state index contributed by atoms with van der Waals surface area (Å²) in [5.41, 5.74) is 1.47. The van der Waals surface area contributed by atoms with Crippen LogP contribution in [-0.2, 0) is 4.74 Å². The molecule has 0 unspecified atom stereocenters. The standard InChI is InChI=1S/C23H28F2N4O3S/c1-5-32-21(31)19-27-17(20(30)29-12-23(24,25)10-14(29)3)18(33-19)15-11-26-16(9-13(15)2)28-22(4)7-6-8-22/h9,11,14H,5-8,10,12H2,1-4H3,(H,26,28)/t14-/m0/s1. The third-order valence-corrected chi connectivity index (χ3v) is 7.38. The lowest BCUT2D eigenvalue weighted by Gasteiger charge is -2.39. The molecule has 1 saturated heterocycles. The Morgan fingerprint density at radius 2 is 2.09 bits per heavy atom. The molecule has 10 heteroatoms. The Labute approximate surface area is 195 Å². The number of halogens is 2. The van der Waals surface area contributed by atoms with E-state index >= 15 is 0 Å². The molecule has 33 heavy (non-hydrogen) atoms. The first-order valence-electron chi connectivity index (χ1n) is 11.1. The molecule has 2 aromatic rings. The highest BCUT2D eigenvalue weighted by atomic mass is 32.1. The highest BCUT2D eigenvalue weighted by molar-refractivity contribution is 7.17. The number of aromatic nitrogens is 2. The van der Waals surface area contributed by atoms with Crippen LogP contribution in [0.1, 0.15) is 72.3 Å². The van der Waals surface area contributed by atoms with E-state index in [1.165, 1.54) is 6.42 Å². The van der Waals surface area contributed by atoms with Gasteiger partial charge in [-0.25, -0.2) is 23.5 Å². The number of hydrogen-bond acceptors (Lipinski definition) is 7. The minimum absolute atomic E-state index is 0.0115. The van der Waals surface area contributed by atoms with E-state index in [4.69, 9.17) is 4.74 Å². The number of rotatable bonds is 6. The fourth-order valence-electron chi connectivity index (χ4n) is 4.35. The summed E-state index contributed by atoms with van der Waals surface area (Å²) in [6.07, 6.45) is 4.57. The van der Waals surface area contributed by atoms with Gasteiger partial charge in [0.15, 0.2) is 0 Å². The molecule has 178 valence electrons. The van der Waals surface area contributed by atoms with E-state index in [9.17, 15) is 18.4 Å². The van der Waals surface area contributed by atoms with Gasteiger partial charge in [-0.15, -0.1) is 11.3 Å². The van der Waals surface area contributed by atoms with E-state index in [1.54, 1.807) is 20.0 Å². The third-order valence-electron chi connectivity index (χ3n) is 6.31. The van der Waals surface area contributed by atoms with Crippen LogP contribution in [0.2, 0.25) is 0 Å². The monoisotopic (exact) mass is 478 g/mol. The number of anilines is 1. The van der Waals surface area contributed by atoms with Crippen LogP contribution >= 0.6 is 11.3 Å². The first-order valence-corrected chi connectivity index (χ1v) is 12.0. The van der Waals surface area contributed by atoms with Gasteiger partial charge in [-0.05, 0) is 58.6 Å². The molecule has 4 rings (SSSR count). The smallest absolute Gasteiger partial charge is 0.367 e. The predicted molar refractivity (Wildman–Crippen MR) is 122 cm³/mol. The normalized spacial score (nSPS) is 20.9.